The van der Waals surface area contributed by atoms with E-state index in [4.69, 9.17) is 21.1 Å². The van der Waals surface area contributed by atoms with E-state index >= 15 is 0 Å². The molecule has 0 spiro atoms. The van der Waals surface area contributed by atoms with Gasteiger partial charge >= 0.3 is 0 Å². The van der Waals surface area contributed by atoms with Crippen LogP contribution in [0.2, 0.25) is 5.02 Å². The molecule has 1 saturated heterocycles. The Labute approximate surface area is 179 Å². The van der Waals surface area contributed by atoms with Crippen LogP contribution in [0.1, 0.15) is 56.3 Å². The van der Waals surface area contributed by atoms with Gasteiger partial charge in [0.2, 0.25) is 0 Å². The summed E-state index contributed by atoms with van der Waals surface area (Å²) in [4.78, 5) is 14.9. The summed E-state index contributed by atoms with van der Waals surface area (Å²) in [5.74, 6) is 1.97. The number of likely N-dealkylation sites (tertiary alicyclic amines) is 1. The number of rotatable bonds is 9. The van der Waals surface area contributed by atoms with E-state index in [1.807, 2.05) is 18.7 Å². The Bertz CT molecular complexity index is 645. The van der Waals surface area contributed by atoms with Crippen LogP contribution in [-0.4, -0.2) is 49.7 Å². The maximum Gasteiger partial charge on any atom is 0.254 e. The molecular formula is C21H32Cl2N2O3. The van der Waals surface area contributed by atoms with Crippen LogP contribution in [0.4, 0.5) is 0 Å². The van der Waals surface area contributed by atoms with Crippen molar-refractivity contribution in [3.8, 4) is 11.5 Å². The van der Waals surface area contributed by atoms with Gasteiger partial charge in [-0.3, -0.25) is 4.79 Å². The number of carbonyl (C=O) groups excluding carboxylic acids is 1. The van der Waals surface area contributed by atoms with E-state index in [-0.39, 0.29) is 18.3 Å². The van der Waals surface area contributed by atoms with Crippen molar-refractivity contribution in [1.29, 1.82) is 0 Å². The highest BCUT2D eigenvalue weighted by atomic mass is 35.5. The van der Waals surface area contributed by atoms with Crippen molar-refractivity contribution < 1.29 is 14.3 Å². The number of carbonyl (C=O) groups is 1. The summed E-state index contributed by atoms with van der Waals surface area (Å²) in [6.07, 6.45) is 5.62. The van der Waals surface area contributed by atoms with Gasteiger partial charge in [-0.15, -0.1) is 12.4 Å². The smallest absolute Gasteiger partial charge is 0.254 e. The molecule has 1 aliphatic heterocycles. The molecule has 1 N–H and O–H groups in total. The first-order valence-electron chi connectivity index (χ1n) is 10.2. The zero-order valence-corrected chi connectivity index (χ0v) is 18.4. The summed E-state index contributed by atoms with van der Waals surface area (Å²) in [5, 5.41) is 4.08. The Morgan fingerprint density at radius 1 is 1.18 bits per heavy atom. The van der Waals surface area contributed by atoms with Gasteiger partial charge in [0.15, 0.2) is 11.5 Å². The second-order valence-electron chi connectivity index (χ2n) is 7.48. The number of hydrogen-bond acceptors (Lipinski definition) is 4. The van der Waals surface area contributed by atoms with Gasteiger partial charge in [-0.05, 0) is 63.6 Å². The summed E-state index contributed by atoms with van der Waals surface area (Å²) in [7, 11) is 0. The minimum absolute atomic E-state index is 0. The van der Waals surface area contributed by atoms with Crippen molar-refractivity contribution in [3.05, 3.63) is 22.7 Å². The van der Waals surface area contributed by atoms with Crippen LogP contribution in [-0.2, 0) is 0 Å². The molecule has 2 aliphatic rings. The lowest BCUT2D eigenvalue weighted by Crippen LogP contribution is -2.45. The monoisotopic (exact) mass is 430 g/mol. The fourth-order valence-electron chi connectivity index (χ4n) is 3.42. The van der Waals surface area contributed by atoms with Gasteiger partial charge in [0.05, 0.1) is 18.2 Å². The molecule has 158 valence electrons. The number of nitrogens with zero attached hydrogens (tertiary/aromatic N) is 1. The molecule has 0 radical (unpaired) electrons. The van der Waals surface area contributed by atoms with E-state index in [1.165, 1.54) is 12.8 Å². The third kappa shape index (κ3) is 6.16. The highest BCUT2D eigenvalue weighted by Gasteiger charge is 2.27. The number of hydrogen-bond donors (Lipinski definition) is 1. The molecule has 1 aliphatic carbocycles. The van der Waals surface area contributed by atoms with Gasteiger partial charge in [0.25, 0.3) is 5.91 Å². The van der Waals surface area contributed by atoms with Crippen molar-refractivity contribution in [1.82, 2.24) is 10.2 Å². The minimum atomic E-state index is 0. The molecule has 1 aromatic rings. The quantitative estimate of drug-likeness (QED) is 0.623. The van der Waals surface area contributed by atoms with Crippen LogP contribution in [0.15, 0.2) is 12.1 Å². The third-order valence-corrected chi connectivity index (χ3v) is 5.46. The molecule has 1 saturated carbocycles. The highest BCUT2D eigenvalue weighted by molar-refractivity contribution is 6.32. The normalized spacial score (nSPS) is 17.2. The molecule has 2 fully saturated rings. The number of nitrogens with one attached hydrogen (secondary N) is 1. The van der Waals surface area contributed by atoms with E-state index in [0.29, 0.717) is 41.3 Å². The zero-order chi connectivity index (χ0) is 19.2. The molecule has 1 aromatic carbocycles. The number of benzene rings is 1. The van der Waals surface area contributed by atoms with Crippen LogP contribution in [0.25, 0.3) is 0 Å². The molecule has 3 rings (SSSR count). The zero-order valence-electron chi connectivity index (χ0n) is 16.8. The summed E-state index contributed by atoms with van der Waals surface area (Å²) in [5.41, 5.74) is 0.566. The maximum absolute atomic E-state index is 13.0. The number of piperidine rings is 1. The molecule has 0 bridgehead atoms. The summed E-state index contributed by atoms with van der Waals surface area (Å²) in [6.45, 7) is 7.68. The number of ether oxygens (including phenoxy) is 2. The summed E-state index contributed by atoms with van der Waals surface area (Å²) in [6, 6.07) is 4.00. The Balaban J connectivity index is 0.00000280. The van der Waals surface area contributed by atoms with Crippen molar-refractivity contribution in [2.75, 3.05) is 32.8 Å². The van der Waals surface area contributed by atoms with Gasteiger partial charge in [-0.1, -0.05) is 18.5 Å². The molecule has 5 nitrogen and oxygen atoms in total. The lowest BCUT2D eigenvalue weighted by Gasteiger charge is -2.32. The predicted molar refractivity (Wildman–Crippen MR) is 115 cm³/mol. The van der Waals surface area contributed by atoms with Gasteiger partial charge in [0, 0.05) is 24.7 Å². The lowest BCUT2D eigenvalue weighted by molar-refractivity contribution is 0.0704. The van der Waals surface area contributed by atoms with E-state index in [9.17, 15) is 4.79 Å². The standard InChI is InChI=1S/C21H31ClN2O3.ClH/c1-3-11-27-20-18(22)12-16(13-19(20)26-4-2)21(25)24-9-7-17(8-10-24)23-14-15-5-6-15;/h12-13,15,17,23H,3-11,14H2,1-2H3;1H. The highest BCUT2D eigenvalue weighted by Crippen LogP contribution is 2.37. The van der Waals surface area contributed by atoms with E-state index in [0.717, 1.165) is 44.8 Å². The Kier molecular flexibility index (Phi) is 9.19. The van der Waals surface area contributed by atoms with Crippen molar-refractivity contribution in [2.24, 2.45) is 5.92 Å². The summed E-state index contributed by atoms with van der Waals surface area (Å²) >= 11 is 6.40. The Morgan fingerprint density at radius 2 is 1.89 bits per heavy atom. The first-order valence-corrected chi connectivity index (χ1v) is 10.6. The van der Waals surface area contributed by atoms with Crippen LogP contribution >= 0.6 is 24.0 Å². The lowest BCUT2D eigenvalue weighted by atomic mass is 10.0. The molecule has 1 heterocycles. The first kappa shape index (κ1) is 23.1. The Hall–Kier alpha value is -1.17. The fourth-order valence-corrected chi connectivity index (χ4v) is 3.69. The van der Waals surface area contributed by atoms with Gasteiger partial charge < -0.3 is 19.7 Å². The van der Waals surface area contributed by atoms with Crippen LogP contribution < -0.4 is 14.8 Å². The average molecular weight is 431 g/mol. The fraction of sp³-hybridized carbons (Fsp3) is 0.667. The third-order valence-electron chi connectivity index (χ3n) is 5.18. The van der Waals surface area contributed by atoms with Crippen molar-refractivity contribution >= 4 is 29.9 Å². The molecule has 0 unspecified atom stereocenters. The second-order valence-corrected chi connectivity index (χ2v) is 7.89. The first-order chi connectivity index (χ1) is 13.1. The molecule has 0 atom stereocenters. The molecular weight excluding hydrogens is 399 g/mol. The van der Waals surface area contributed by atoms with Crippen molar-refractivity contribution in [2.45, 2.75) is 52.0 Å². The topological polar surface area (TPSA) is 50.8 Å². The molecule has 1 amide bonds. The van der Waals surface area contributed by atoms with E-state index in [1.54, 1.807) is 12.1 Å². The Morgan fingerprint density at radius 3 is 2.50 bits per heavy atom. The van der Waals surface area contributed by atoms with Crippen LogP contribution in [0.5, 0.6) is 11.5 Å². The van der Waals surface area contributed by atoms with Gasteiger partial charge in [-0.25, -0.2) is 0 Å². The molecule has 0 aromatic heterocycles. The van der Waals surface area contributed by atoms with E-state index in [2.05, 4.69) is 5.32 Å². The van der Waals surface area contributed by atoms with E-state index < -0.39 is 0 Å². The minimum Gasteiger partial charge on any atom is -0.490 e. The van der Waals surface area contributed by atoms with Crippen LogP contribution in [0, 0.1) is 5.92 Å². The summed E-state index contributed by atoms with van der Waals surface area (Å²) < 4.78 is 11.4. The average Bonchev–Trinajstić information content (AvgIpc) is 3.50. The van der Waals surface area contributed by atoms with Crippen LogP contribution in [0.3, 0.4) is 0 Å². The van der Waals surface area contributed by atoms with Gasteiger partial charge in [0.1, 0.15) is 0 Å². The van der Waals surface area contributed by atoms with Crippen molar-refractivity contribution in [3.63, 3.8) is 0 Å². The number of halogens is 2. The largest absolute Gasteiger partial charge is 0.490 e. The molecule has 7 heteroatoms. The second kappa shape index (κ2) is 11.1. The SMILES string of the molecule is CCCOc1c(Cl)cc(C(=O)N2CCC(NCC3CC3)CC2)cc1OCC.Cl. The number of amides is 1. The predicted octanol–water partition coefficient (Wildman–Crippen LogP) is 4.55. The molecule has 28 heavy (non-hydrogen) atoms. The maximum atomic E-state index is 13.0. The van der Waals surface area contributed by atoms with Gasteiger partial charge in [-0.2, -0.15) is 0 Å².